The van der Waals surface area contributed by atoms with Crippen LogP contribution in [0.15, 0.2) is 47.8 Å². The Kier molecular flexibility index (Phi) is 5.07. The highest BCUT2D eigenvalue weighted by molar-refractivity contribution is 7.90. The first-order chi connectivity index (χ1) is 14.8. The van der Waals surface area contributed by atoms with Crippen molar-refractivity contribution in [3.63, 3.8) is 0 Å². The van der Waals surface area contributed by atoms with E-state index >= 15 is 0 Å². The molecule has 0 aliphatic carbocycles. The number of hydrogen-bond acceptors (Lipinski definition) is 8. The number of ether oxygens (including phenoxy) is 2. The van der Waals surface area contributed by atoms with Gasteiger partial charge in [0.25, 0.3) is 5.91 Å². The molecule has 12 heteroatoms. The largest absolute Gasteiger partial charge is 0.497 e. The summed E-state index contributed by atoms with van der Waals surface area (Å²) in [5.41, 5.74) is 0.894. The zero-order chi connectivity index (χ0) is 22.2. The number of fused-ring (bicyclic) bond motifs is 1. The average molecular weight is 442 g/mol. The van der Waals surface area contributed by atoms with Gasteiger partial charge in [0, 0.05) is 18.5 Å². The van der Waals surface area contributed by atoms with E-state index in [0.717, 1.165) is 6.26 Å². The summed E-state index contributed by atoms with van der Waals surface area (Å²) in [6.45, 7) is 0. The third-order valence-corrected chi connectivity index (χ3v) is 5.39. The van der Waals surface area contributed by atoms with Crippen molar-refractivity contribution in [2.75, 3.05) is 25.8 Å². The molecule has 160 valence electrons. The molecule has 3 aromatic heterocycles. The van der Waals surface area contributed by atoms with Gasteiger partial charge in [-0.15, -0.1) is 5.10 Å². The van der Waals surface area contributed by atoms with Crippen LogP contribution in [0.5, 0.6) is 11.5 Å². The van der Waals surface area contributed by atoms with Gasteiger partial charge in [0.2, 0.25) is 20.9 Å². The fourth-order valence-electron chi connectivity index (χ4n) is 3.03. The molecule has 0 aliphatic heterocycles. The predicted molar refractivity (Wildman–Crippen MR) is 111 cm³/mol. The molecule has 2 N–H and O–H groups in total. The molecule has 11 nitrogen and oxygen atoms in total. The average Bonchev–Trinajstić information content (AvgIpc) is 3.37. The molecule has 31 heavy (non-hydrogen) atoms. The zero-order valence-corrected chi connectivity index (χ0v) is 17.6. The van der Waals surface area contributed by atoms with Crippen LogP contribution in [0.2, 0.25) is 0 Å². The van der Waals surface area contributed by atoms with E-state index in [0.29, 0.717) is 28.4 Å². The Morgan fingerprint density at radius 3 is 2.65 bits per heavy atom. The lowest BCUT2D eigenvalue weighted by Crippen LogP contribution is -2.14. The quantitative estimate of drug-likeness (QED) is 0.460. The number of sulfone groups is 1. The summed E-state index contributed by atoms with van der Waals surface area (Å²) in [4.78, 5) is 21.1. The van der Waals surface area contributed by atoms with E-state index in [1.54, 1.807) is 43.5 Å². The number of H-pyrrole nitrogens is 1. The van der Waals surface area contributed by atoms with Gasteiger partial charge in [0.05, 0.1) is 25.3 Å². The third kappa shape index (κ3) is 3.80. The number of nitrogens with one attached hydrogen (secondary N) is 2. The van der Waals surface area contributed by atoms with Gasteiger partial charge in [-0.05, 0) is 24.3 Å². The lowest BCUT2D eigenvalue weighted by atomic mass is 10.2. The number of carbonyl (C=O) groups excluding carboxylic acids is 1. The number of carbonyl (C=O) groups is 1. The second-order valence-corrected chi connectivity index (χ2v) is 8.41. The van der Waals surface area contributed by atoms with Gasteiger partial charge in [-0.3, -0.25) is 19.6 Å². The lowest BCUT2D eigenvalue weighted by molar-refractivity contribution is 0.102. The van der Waals surface area contributed by atoms with Gasteiger partial charge in [0.15, 0.2) is 11.5 Å². The number of hydrogen-bond donors (Lipinski definition) is 2. The number of aromatic amines is 1. The fraction of sp³-hybridized carbons (Fsp3) is 0.158. The predicted octanol–water partition coefficient (Wildman–Crippen LogP) is 1.79. The van der Waals surface area contributed by atoms with Crippen LogP contribution < -0.4 is 14.8 Å². The highest BCUT2D eigenvalue weighted by Gasteiger charge is 2.23. The minimum atomic E-state index is -3.65. The molecule has 0 saturated heterocycles. The molecule has 0 unspecified atom stereocenters. The Morgan fingerprint density at radius 1 is 1.13 bits per heavy atom. The maximum absolute atomic E-state index is 12.8. The minimum Gasteiger partial charge on any atom is -0.497 e. The summed E-state index contributed by atoms with van der Waals surface area (Å²) in [7, 11) is -0.589. The van der Waals surface area contributed by atoms with Crippen LogP contribution in [-0.4, -0.2) is 59.4 Å². The van der Waals surface area contributed by atoms with E-state index in [9.17, 15) is 13.2 Å². The first-order valence-electron chi connectivity index (χ1n) is 8.95. The van der Waals surface area contributed by atoms with Crippen molar-refractivity contribution in [1.82, 2.24) is 24.6 Å². The van der Waals surface area contributed by atoms with Crippen LogP contribution in [0.3, 0.4) is 0 Å². The second kappa shape index (κ2) is 7.72. The van der Waals surface area contributed by atoms with Gasteiger partial charge >= 0.3 is 0 Å². The van der Waals surface area contributed by atoms with Gasteiger partial charge in [-0.1, -0.05) is 6.07 Å². The molecule has 3 heterocycles. The number of anilines is 1. The Bertz CT molecular complexity index is 1390. The molecular formula is C19H18N6O5S. The van der Waals surface area contributed by atoms with Crippen molar-refractivity contribution in [2.24, 2.45) is 0 Å². The van der Waals surface area contributed by atoms with Gasteiger partial charge in [-0.2, -0.15) is 4.98 Å². The van der Waals surface area contributed by atoms with Crippen LogP contribution in [-0.2, 0) is 9.84 Å². The molecular weight excluding hydrogens is 424 g/mol. The maximum atomic E-state index is 12.8. The van der Waals surface area contributed by atoms with E-state index in [1.807, 2.05) is 0 Å². The third-order valence-electron chi connectivity index (χ3n) is 4.44. The molecule has 4 aromatic rings. The summed E-state index contributed by atoms with van der Waals surface area (Å²) < 4.78 is 36.0. The monoisotopic (exact) mass is 442 g/mol. The van der Waals surface area contributed by atoms with Crippen LogP contribution in [0.1, 0.15) is 10.5 Å². The Morgan fingerprint density at radius 2 is 1.94 bits per heavy atom. The standard InChI is InChI=1S/C19H18N6O5S/c1-29-11-7-8-12(14(10-11)30-2)16-21-18(24-23-16)22-17(26)15-13-6-4-5-9-25(13)19(20-15)31(3,27)28/h4-10H,1-3H3,(H2,21,22,23,24,26). The maximum Gasteiger partial charge on any atom is 0.278 e. The normalized spacial score (nSPS) is 11.5. The molecule has 0 fully saturated rings. The lowest BCUT2D eigenvalue weighted by Gasteiger charge is -2.07. The van der Waals surface area contributed by atoms with Gasteiger partial charge in [-0.25, -0.2) is 13.4 Å². The van der Waals surface area contributed by atoms with Crippen molar-refractivity contribution in [1.29, 1.82) is 0 Å². The zero-order valence-electron chi connectivity index (χ0n) is 16.8. The molecule has 0 radical (unpaired) electrons. The van der Waals surface area contributed by atoms with Crippen molar-refractivity contribution in [3.05, 3.63) is 48.3 Å². The van der Waals surface area contributed by atoms with Crippen LogP contribution in [0, 0.1) is 0 Å². The van der Waals surface area contributed by atoms with Crippen LogP contribution >= 0.6 is 0 Å². The second-order valence-electron chi connectivity index (χ2n) is 6.50. The number of amides is 1. The number of rotatable bonds is 6. The number of methoxy groups -OCH3 is 2. The fourth-order valence-corrected chi connectivity index (χ4v) is 3.80. The van der Waals surface area contributed by atoms with Crippen molar-refractivity contribution in [3.8, 4) is 22.9 Å². The molecule has 0 aliphatic rings. The van der Waals surface area contributed by atoms with E-state index in [2.05, 4.69) is 25.5 Å². The first kappa shape index (κ1) is 20.3. The SMILES string of the molecule is COc1ccc(-c2nc(NC(=O)c3nc(S(C)(=O)=O)n4ccccc34)n[nH]2)c(OC)c1. The van der Waals surface area contributed by atoms with Crippen molar-refractivity contribution in [2.45, 2.75) is 5.16 Å². The highest BCUT2D eigenvalue weighted by Crippen LogP contribution is 2.31. The molecule has 0 spiro atoms. The number of imidazole rings is 1. The summed E-state index contributed by atoms with van der Waals surface area (Å²) in [5.74, 6) is 0.830. The Hall–Kier alpha value is -3.93. The van der Waals surface area contributed by atoms with E-state index in [4.69, 9.17) is 9.47 Å². The van der Waals surface area contributed by atoms with E-state index in [-0.39, 0.29) is 16.8 Å². The molecule has 0 bridgehead atoms. The molecule has 0 atom stereocenters. The highest BCUT2D eigenvalue weighted by atomic mass is 32.2. The summed E-state index contributed by atoms with van der Waals surface area (Å²) in [6, 6.07) is 10.1. The van der Waals surface area contributed by atoms with Crippen molar-refractivity contribution >= 4 is 27.2 Å². The van der Waals surface area contributed by atoms with Gasteiger partial charge < -0.3 is 9.47 Å². The van der Waals surface area contributed by atoms with Crippen LogP contribution in [0.25, 0.3) is 16.9 Å². The van der Waals surface area contributed by atoms with E-state index in [1.165, 1.54) is 17.7 Å². The topological polar surface area (TPSA) is 141 Å². The van der Waals surface area contributed by atoms with Gasteiger partial charge in [0.1, 0.15) is 11.5 Å². The summed E-state index contributed by atoms with van der Waals surface area (Å²) in [6.07, 6.45) is 2.55. The van der Waals surface area contributed by atoms with E-state index < -0.39 is 15.7 Å². The number of nitrogens with zero attached hydrogens (tertiary/aromatic N) is 4. The summed E-state index contributed by atoms with van der Waals surface area (Å²) >= 11 is 0. The summed E-state index contributed by atoms with van der Waals surface area (Å²) in [5, 5.41) is 9.05. The Balaban J connectivity index is 1.65. The molecule has 0 saturated carbocycles. The molecule has 1 aromatic carbocycles. The minimum absolute atomic E-state index is 0.00384. The first-order valence-corrected chi connectivity index (χ1v) is 10.8. The number of aromatic nitrogens is 5. The smallest absolute Gasteiger partial charge is 0.278 e. The Labute approximate surface area is 177 Å². The number of benzene rings is 1. The van der Waals surface area contributed by atoms with Crippen molar-refractivity contribution < 1.29 is 22.7 Å². The molecule has 4 rings (SSSR count). The number of pyridine rings is 1. The van der Waals surface area contributed by atoms with Crippen LogP contribution in [0.4, 0.5) is 5.95 Å². The molecule has 1 amide bonds.